The van der Waals surface area contributed by atoms with Gasteiger partial charge < -0.3 is 20.4 Å². The number of aliphatic hydroxyl groups is 2. The molecule has 7 rings (SSSR count). The quantitative estimate of drug-likeness (QED) is 0.217. The molecule has 1 heterocycles. The molecule has 5 aliphatic rings. The number of hydroxylamine groups is 2. The van der Waals surface area contributed by atoms with Crippen LogP contribution in [0.2, 0.25) is 0 Å². The minimum absolute atomic E-state index is 0.0269. The van der Waals surface area contributed by atoms with Crippen molar-refractivity contribution in [2.24, 2.45) is 35.0 Å². The van der Waals surface area contributed by atoms with Crippen LogP contribution in [0.15, 0.2) is 48.5 Å². The van der Waals surface area contributed by atoms with Gasteiger partial charge in [0.2, 0.25) is 5.91 Å². The zero-order valence-corrected chi connectivity index (χ0v) is 31.8. The minimum Gasteiger partial charge on any atom is -0.394 e. The molecule has 0 radical (unpaired) electrons. The largest absolute Gasteiger partial charge is 0.394 e. The second-order valence-electron chi connectivity index (χ2n) is 17.2. The normalized spacial score (nSPS) is 30.7. The predicted molar refractivity (Wildman–Crippen MR) is 199 cm³/mol. The van der Waals surface area contributed by atoms with Crippen molar-refractivity contribution in [2.75, 3.05) is 33.8 Å². The molecule has 51 heavy (non-hydrogen) atoms. The van der Waals surface area contributed by atoms with E-state index in [0.29, 0.717) is 42.2 Å². The van der Waals surface area contributed by atoms with E-state index in [1.807, 2.05) is 24.3 Å². The lowest BCUT2D eigenvalue weighted by atomic mass is 9.45. The second kappa shape index (κ2) is 16.3. The Hall–Kier alpha value is -2.40. The molecule has 1 saturated heterocycles. The molecule has 0 spiro atoms. The number of fused-ring (bicyclic) bond motifs is 2. The third-order valence-electron chi connectivity index (χ3n) is 13.3. The molecule has 9 heteroatoms. The molecule has 2 aromatic carbocycles. The summed E-state index contributed by atoms with van der Waals surface area (Å²) in [6.07, 6.45) is 6.47. The Morgan fingerprint density at radius 3 is 2.43 bits per heavy atom. The summed E-state index contributed by atoms with van der Waals surface area (Å²) in [7, 11) is 4.16. The van der Waals surface area contributed by atoms with Crippen molar-refractivity contribution in [3.05, 3.63) is 71.0 Å². The summed E-state index contributed by atoms with van der Waals surface area (Å²) < 4.78 is 15.5. The SMILES string of the molecule is C[C@H]1[C@@H](NC(=O)[C@@H]2[C@H]([C@H](C)O)[C@H](CO)ON2Cc2cccc(CN(CCN(C)C)C(c3ccccc3F)C3CCCCC3)c2)C[C@@H]2C[C@@H]1C2(C)C. The molecule has 2 aromatic rings. The maximum atomic E-state index is 15.5. The van der Waals surface area contributed by atoms with Crippen molar-refractivity contribution in [3.63, 3.8) is 0 Å². The highest BCUT2D eigenvalue weighted by Crippen LogP contribution is 2.61. The third kappa shape index (κ3) is 8.24. The van der Waals surface area contributed by atoms with Gasteiger partial charge in [-0.3, -0.25) is 14.5 Å². The zero-order chi connectivity index (χ0) is 36.4. The van der Waals surface area contributed by atoms with Crippen LogP contribution in [0.5, 0.6) is 0 Å². The molecule has 282 valence electrons. The van der Waals surface area contributed by atoms with Crippen LogP contribution in [0.1, 0.15) is 95.4 Å². The molecule has 2 bridgehead atoms. The fourth-order valence-corrected chi connectivity index (χ4v) is 10.3. The first-order valence-electron chi connectivity index (χ1n) is 19.6. The van der Waals surface area contributed by atoms with E-state index in [4.69, 9.17) is 4.84 Å². The van der Waals surface area contributed by atoms with Gasteiger partial charge in [-0.1, -0.05) is 82.5 Å². The number of nitrogens with one attached hydrogen (secondary N) is 1. The van der Waals surface area contributed by atoms with E-state index >= 15 is 4.39 Å². The number of amides is 1. The molecule has 1 aliphatic heterocycles. The fourth-order valence-electron chi connectivity index (χ4n) is 10.3. The highest BCUT2D eigenvalue weighted by molar-refractivity contribution is 5.82. The van der Waals surface area contributed by atoms with Gasteiger partial charge in [0.05, 0.1) is 19.3 Å². The van der Waals surface area contributed by atoms with Crippen molar-refractivity contribution in [3.8, 4) is 0 Å². The van der Waals surface area contributed by atoms with E-state index in [0.717, 1.165) is 49.0 Å². The summed E-state index contributed by atoms with van der Waals surface area (Å²) in [5, 5.41) is 26.3. The summed E-state index contributed by atoms with van der Waals surface area (Å²) in [5.41, 5.74) is 3.19. The average molecular weight is 707 g/mol. The van der Waals surface area contributed by atoms with Gasteiger partial charge in [-0.05, 0) is 93.0 Å². The smallest absolute Gasteiger partial charge is 0.240 e. The Balaban J connectivity index is 1.23. The number of hydrogen-bond donors (Lipinski definition) is 3. The highest BCUT2D eigenvalue weighted by atomic mass is 19.1. The fraction of sp³-hybridized carbons (Fsp3) is 0.690. The number of halogens is 1. The monoisotopic (exact) mass is 706 g/mol. The molecule has 9 atom stereocenters. The first-order chi connectivity index (χ1) is 24.4. The van der Waals surface area contributed by atoms with E-state index in [1.54, 1.807) is 24.1 Å². The van der Waals surface area contributed by atoms with Crippen molar-refractivity contribution < 1.29 is 24.2 Å². The maximum Gasteiger partial charge on any atom is 0.240 e. The molecule has 0 aromatic heterocycles. The van der Waals surface area contributed by atoms with Crippen molar-refractivity contribution in [1.82, 2.24) is 20.2 Å². The molecule has 5 fully saturated rings. The van der Waals surface area contributed by atoms with E-state index in [-0.39, 0.29) is 30.4 Å². The van der Waals surface area contributed by atoms with E-state index < -0.39 is 24.2 Å². The average Bonchev–Trinajstić information content (AvgIpc) is 3.48. The van der Waals surface area contributed by atoms with Gasteiger partial charge in [-0.2, -0.15) is 5.06 Å². The lowest BCUT2D eigenvalue weighted by Crippen LogP contribution is -2.62. The first kappa shape index (κ1) is 38.3. The van der Waals surface area contributed by atoms with Crippen LogP contribution in [0.25, 0.3) is 0 Å². The number of benzene rings is 2. The minimum atomic E-state index is -0.842. The predicted octanol–water partition coefficient (Wildman–Crippen LogP) is 6.17. The summed E-state index contributed by atoms with van der Waals surface area (Å²) in [6, 6.07) is 15.0. The molecule has 4 aliphatic carbocycles. The number of carbonyl (C=O) groups is 1. The van der Waals surface area contributed by atoms with Gasteiger partial charge in [0.1, 0.15) is 18.0 Å². The van der Waals surface area contributed by atoms with Crippen LogP contribution >= 0.6 is 0 Å². The number of likely N-dealkylation sites (N-methyl/N-ethyl adjacent to an activating group) is 1. The Morgan fingerprint density at radius 1 is 1.06 bits per heavy atom. The van der Waals surface area contributed by atoms with Gasteiger partial charge in [0.25, 0.3) is 0 Å². The van der Waals surface area contributed by atoms with Gasteiger partial charge in [0.15, 0.2) is 0 Å². The summed E-state index contributed by atoms with van der Waals surface area (Å²) in [5.74, 6) is 1.11. The Labute approximate surface area is 305 Å². The number of hydrogen-bond acceptors (Lipinski definition) is 7. The van der Waals surface area contributed by atoms with Crippen LogP contribution < -0.4 is 5.32 Å². The van der Waals surface area contributed by atoms with Gasteiger partial charge in [0, 0.05) is 43.2 Å². The van der Waals surface area contributed by atoms with Crippen LogP contribution in [0, 0.1) is 40.8 Å². The molecule has 8 nitrogen and oxygen atoms in total. The van der Waals surface area contributed by atoms with Gasteiger partial charge >= 0.3 is 0 Å². The van der Waals surface area contributed by atoms with Crippen molar-refractivity contribution in [1.29, 1.82) is 0 Å². The molecule has 4 saturated carbocycles. The Kier molecular flexibility index (Phi) is 12.3. The third-order valence-corrected chi connectivity index (χ3v) is 13.3. The number of aliphatic hydroxyl groups excluding tert-OH is 2. The molecule has 3 N–H and O–H groups in total. The van der Waals surface area contributed by atoms with Crippen LogP contribution in [0.4, 0.5) is 4.39 Å². The number of rotatable bonds is 14. The van der Waals surface area contributed by atoms with Crippen molar-refractivity contribution in [2.45, 2.75) is 116 Å². The molecule has 1 unspecified atom stereocenters. The maximum absolute atomic E-state index is 15.5. The van der Waals surface area contributed by atoms with Gasteiger partial charge in [-0.25, -0.2) is 4.39 Å². The van der Waals surface area contributed by atoms with Crippen LogP contribution in [0.3, 0.4) is 0 Å². The molecular weight excluding hydrogens is 643 g/mol. The summed E-state index contributed by atoms with van der Waals surface area (Å²) in [4.78, 5) is 25.1. The topological polar surface area (TPSA) is 88.5 Å². The van der Waals surface area contributed by atoms with Crippen molar-refractivity contribution >= 4 is 5.91 Å². The lowest BCUT2D eigenvalue weighted by Gasteiger charge is -2.62. The highest BCUT2D eigenvalue weighted by Gasteiger charge is 2.57. The van der Waals surface area contributed by atoms with E-state index in [1.165, 1.54) is 25.7 Å². The first-order valence-corrected chi connectivity index (χ1v) is 19.6. The Morgan fingerprint density at radius 2 is 1.78 bits per heavy atom. The van der Waals surface area contributed by atoms with Crippen LogP contribution in [-0.4, -0.2) is 89.1 Å². The lowest BCUT2D eigenvalue weighted by molar-refractivity contribution is -0.183. The van der Waals surface area contributed by atoms with Gasteiger partial charge in [-0.15, -0.1) is 0 Å². The van der Waals surface area contributed by atoms with E-state index in [9.17, 15) is 15.0 Å². The molecular formula is C42H63FN4O4. The van der Waals surface area contributed by atoms with E-state index in [2.05, 4.69) is 62.1 Å². The number of nitrogens with zero attached hydrogens (tertiary/aromatic N) is 3. The number of carbonyl (C=O) groups excluding carboxylic acids is 1. The zero-order valence-electron chi connectivity index (χ0n) is 31.8. The Bertz CT molecular complexity index is 1460. The summed E-state index contributed by atoms with van der Waals surface area (Å²) >= 11 is 0. The standard InChI is InChI=1S/C42H63FN4O4/c1-27-34-22-32(42(34,3)4)23-36(27)44-41(50)40-38(28(2)49)37(26-48)51-47(40)25-30-14-12-13-29(21-30)24-46(20-19-45(5)6)39(31-15-8-7-9-16-31)33-17-10-11-18-35(33)43/h10-14,17-18,21,27-28,31-32,34,36-40,48-49H,7-9,15-16,19-20,22-26H2,1-6H3,(H,44,50)/t27-,28+,32+,34+,36+,37+,38-,39?,40+/m1/s1. The van der Waals surface area contributed by atoms with Crippen LogP contribution in [-0.2, 0) is 22.7 Å². The second-order valence-corrected chi connectivity index (χ2v) is 17.2. The molecule has 1 amide bonds. The summed E-state index contributed by atoms with van der Waals surface area (Å²) in [6.45, 7) is 11.0.